The number of halogens is 6. The molecule has 0 amide bonds. The van der Waals surface area contributed by atoms with Gasteiger partial charge in [0.1, 0.15) is 8.96 Å². The number of rotatable bonds is 7. The van der Waals surface area contributed by atoms with E-state index in [1.54, 1.807) is 0 Å². The molecule has 0 aliphatic carbocycles. The minimum atomic E-state index is -4.29. The molecule has 0 spiro atoms. The van der Waals surface area contributed by atoms with E-state index >= 15 is 0 Å². The molecule has 0 aliphatic rings. The summed E-state index contributed by atoms with van der Waals surface area (Å²) < 4.78 is 82.0. The Kier molecular flexibility index (Phi) is 8.20. The molecule has 0 aromatic carbocycles. The minimum Gasteiger partial charge on any atom is -0.339 e. The third kappa shape index (κ3) is 16.0. The van der Waals surface area contributed by atoms with E-state index in [0.29, 0.717) is 0 Å². The van der Waals surface area contributed by atoms with Crippen LogP contribution in [0.2, 0.25) is 0 Å². The molecule has 0 bridgehead atoms. The highest BCUT2D eigenvalue weighted by Gasteiger charge is 2.27. The van der Waals surface area contributed by atoms with E-state index in [2.05, 4.69) is 13.6 Å². The molecule has 3 nitrogen and oxygen atoms in total. The maximum absolute atomic E-state index is 11.6. The maximum Gasteiger partial charge on any atom is 0.391 e. The number of alkyl halides is 6. The van der Waals surface area contributed by atoms with Crippen LogP contribution in [0.5, 0.6) is 0 Å². The van der Waals surface area contributed by atoms with E-state index in [0.717, 1.165) is 0 Å². The van der Waals surface area contributed by atoms with E-state index in [9.17, 15) is 26.3 Å². The van der Waals surface area contributed by atoms with E-state index in [1.807, 2.05) is 0 Å². The Morgan fingerprint density at radius 1 is 0.941 bits per heavy atom. The summed E-state index contributed by atoms with van der Waals surface area (Å²) in [5, 5.41) is 0. The van der Waals surface area contributed by atoms with Gasteiger partial charge in [-0.2, -0.15) is 30.9 Å². The summed E-state index contributed by atoms with van der Waals surface area (Å²) in [4.78, 5) is 0. The average Bonchev–Trinajstić information content (AvgIpc) is 2.11. The largest absolute Gasteiger partial charge is 0.391 e. The van der Waals surface area contributed by atoms with Crippen LogP contribution < -0.4 is 0 Å². The van der Waals surface area contributed by atoms with Crippen LogP contribution in [0.15, 0.2) is 4.52 Å². The summed E-state index contributed by atoms with van der Waals surface area (Å²) in [5.74, 6) is 0. The second-order valence-electron chi connectivity index (χ2n) is 2.68. The van der Waals surface area contributed by atoms with Gasteiger partial charge < -0.3 is 9.05 Å². The van der Waals surface area contributed by atoms with Crippen molar-refractivity contribution in [2.45, 2.75) is 25.2 Å². The van der Waals surface area contributed by atoms with Crippen molar-refractivity contribution in [1.82, 2.24) is 0 Å². The van der Waals surface area contributed by atoms with Crippen LogP contribution in [0.25, 0.3) is 0 Å². The fourth-order valence-electron chi connectivity index (χ4n) is 0.489. The van der Waals surface area contributed by atoms with Gasteiger partial charge in [0.2, 0.25) is 0 Å². The van der Waals surface area contributed by atoms with Gasteiger partial charge in [-0.15, -0.1) is 0 Å². The smallest absolute Gasteiger partial charge is 0.339 e. The van der Waals surface area contributed by atoms with E-state index in [4.69, 9.17) is 0 Å². The van der Waals surface area contributed by atoms with Gasteiger partial charge in [-0.3, -0.25) is 0 Å². The fraction of sp³-hybridized carbons (Fsp3) is 1.00. The molecule has 0 rings (SSSR count). The molecule has 11 heteroatoms. The molecule has 0 fully saturated rings. The van der Waals surface area contributed by atoms with Crippen LogP contribution in [0.1, 0.15) is 12.8 Å². The van der Waals surface area contributed by atoms with Crippen LogP contribution in [0, 0.1) is 0 Å². The highest BCUT2D eigenvalue weighted by molar-refractivity contribution is 7.39. The predicted molar refractivity (Wildman–Crippen MR) is 50.9 cm³/mol. The van der Waals surface area contributed by atoms with Crippen molar-refractivity contribution >= 4 is 17.6 Å². The van der Waals surface area contributed by atoms with Crippen molar-refractivity contribution in [3.8, 4) is 0 Å². The zero-order valence-electron chi connectivity index (χ0n) is 8.31. The molecular formula is C6H9F6NO2P2. The molecule has 102 valence electrons. The molecule has 1 atom stereocenters. The van der Waals surface area contributed by atoms with Gasteiger partial charge in [-0.25, -0.2) is 0 Å². The van der Waals surface area contributed by atoms with Gasteiger partial charge in [-0.1, -0.05) is 0 Å². The Morgan fingerprint density at radius 3 is 2.00 bits per heavy atom. The highest BCUT2D eigenvalue weighted by atomic mass is 31.1. The number of nitrogens with zero attached hydrogens (tertiary/aromatic N) is 1. The summed E-state index contributed by atoms with van der Waals surface area (Å²) >= 11 is 0. The molecule has 0 saturated heterocycles. The van der Waals surface area contributed by atoms with E-state index in [-0.39, 0.29) is 8.60 Å². The average molecular weight is 303 g/mol. The summed E-state index contributed by atoms with van der Waals surface area (Å²) in [7, 11) is -0.663. The monoisotopic (exact) mass is 303 g/mol. The van der Waals surface area contributed by atoms with E-state index in [1.165, 1.54) is 0 Å². The van der Waals surface area contributed by atoms with Crippen LogP contribution in [0.3, 0.4) is 0 Å². The minimum absolute atomic E-state index is 0.0849. The molecule has 17 heavy (non-hydrogen) atoms. The predicted octanol–water partition coefficient (Wildman–Crippen LogP) is 4.48. The Hall–Kier alpha value is 0.0300. The lowest BCUT2D eigenvalue weighted by atomic mass is 10.5. The second-order valence-corrected chi connectivity index (χ2v) is 4.38. The lowest BCUT2D eigenvalue weighted by molar-refractivity contribution is -0.139. The molecular weight excluding hydrogens is 294 g/mol. The molecule has 0 aromatic rings. The van der Waals surface area contributed by atoms with Gasteiger partial charge in [0, 0.05) is 0 Å². The number of hydrogen-bond donors (Lipinski definition) is 0. The topological polar surface area (TPSA) is 30.8 Å². The zero-order valence-corrected chi connectivity index (χ0v) is 10.2. The van der Waals surface area contributed by atoms with Gasteiger partial charge in [0.05, 0.1) is 26.1 Å². The molecule has 0 heterocycles. The van der Waals surface area contributed by atoms with Crippen LogP contribution in [-0.4, -0.2) is 25.6 Å². The standard InChI is InChI=1S/C6H9F6NO2P2/c7-5(8,9)1-3-14-16-13-17-15-4-2-6(10,11)12/h16H,1-4H2. The Morgan fingerprint density at radius 2 is 1.47 bits per heavy atom. The maximum atomic E-state index is 11.6. The van der Waals surface area contributed by atoms with Crippen molar-refractivity contribution in [2.75, 3.05) is 13.2 Å². The SMILES string of the molecule is FC(F)(F)CCOP=NPOCCC(F)(F)F. The van der Waals surface area contributed by atoms with Crippen LogP contribution in [-0.2, 0) is 9.05 Å². The lowest BCUT2D eigenvalue weighted by Crippen LogP contribution is -2.09. The summed E-state index contributed by atoms with van der Waals surface area (Å²) in [5.41, 5.74) is 0. The van der Waals surface area contributed by atoms with Gasteiger partial charge in [-0.05, 0) is 0 Å². The molecule has 0 saturated carbocycles. The summed E-state index contributed by atoms with van der Waals surface area (Å²) in [6.45, 7) is -1.06. The van der Waals surface area contributed by atoms with Crippen molar-refractivity contribution in [2.24, 2.45) is 4.52 Å². The Bertz CT molecular complexity index is 232. The van der Waals surface area contributed by atoms with Gasteiger partial charge in [0.25, 0.3) is 0 Å². The van der Waals surface area contributed by atoms with Crippen molar-refractivity contribution in [1.29, 1.82) is 0 Å². The fourth-order valence-corrected chi connectivity index (χ4v) is 1.45. The van der Waals surface area contributed by atoms with Crippen LogP contribution >= 0.6 is 17.6 Å². The normalized spacial score (nSPS) is 14.2. The summed E-state index contributed by atoms with van der Waals surface area (Å²) in [6, 6.07) is 0. The van der Waals surface area contributed by atoms with Crippen molar-refractivity contribution in [3.63, 3.8) is 0 Å². The van der Waals surface area contributed by atoms with Crippen molar-refractivity contribution in [3.05, 3.63) is 0 Å². The molecule has 0 aliphatic heterocycles. The molecule has 0 N–H and O–H groups in total. The third-order valence-electron chi connectivity index (χ3n) is 1.17. The molecule has 1 unspecified atom stereocenters. The lowest BCUT2D eigenvalue weighted by Gasteiger charge is -2.04. The summed E-state index contributed by atoms with van der Waals surface area (Å²) in [6.07, 6.45) is -10.7. The van der Waals surface area contributed by atoms with Crippen molar-refractivity contribution < 1.29 is 35.4 Å². The number of hydrogen-bond acceptors (Lipinski definition) is 3. The zero-order chi connectivity index (χ0) is 13.4. The molecule has 0 aromatic heterocycles. The first-order valence-electron chi connectivity index (χ1n) is 4.23. The first kappa shape index (κ1) is 17.0. The second kappa shape index (κ2) is 8.19. The first-order chi connectivity index (χ1) is 7.71. The van der Waals surface area contributed by atoms with Gasteiger partial charge >= 0.3 is 12.4 Å². The quantitative estimate of drug-likeness (QED) is 0.394. The molecule has 0 radical (unpaired) electrons. The van der Waals surface area contributed by atoms with Gasteiger partial charge in [0.15, 0.2) is 8.60 Å². The van der Waals surface area contributed by atoms with Crippen LogP contribution in [0.4, 0.5) is 26.3 Å². The Labute approximate surface area is 96.7 Å². The Balaban J connectivity index is 3.32. The third-order valence-corrected chi connectivity index (χ3v) is 2.45. The van der Waals surface area contributed by atoms with E-state index < -0.39 is 47.4 Å². The highest BCUT2D eigenvalue weighted by Crippen LogP contribution is 2.26. The first-order valence-corrected chi connectivity index (χ1v) is 5.85.